The first-order chi connectivity index (χ1) is 19.3. The average Bonchev–Trinajstić information content (AvgIpc) is 3.46. The molecule has 0 aliphatic rings. The predicted octanol–water partition coefficient (Wildman–Crippen LogP) is 8.17. The van der Waals surface area contributed by atoms with Crippen molar-refractivity contribution >= 4 is 32.3 Å². The van der Waals surface area contributed by atoms with Gasteiger partial charge in [0.2, 0.25) is 0 Å². The number of fused-ring (bicyclic) bond motifs is 3. The number of hydrogen-bond acceptors (Lipinski definition) is 6. The first-order valence-electron chi connectivity index (χ1n) is 12.5. The van der Waals surface area contributed by atoms with Crippen LogP contribution in [0.1, 0.15) is 5.56 Å². The van der Waals surface area contributed by atoms with Crippen LogP contribution >= 0.6 is 11.3 Å². The molecule has 0 saturated heterocycles. The van der Waals surface area contributed by atoms with E-state index in [2.05, 4.69) is 24.3 Å². The Bertz CT molecular complexity index is 1950. The lowest BCUT2D eigenvalue weighted by Gasteiger charge is -2.10. The van der Waals surface area contributed by atoms with E-state index in [0.717, 1.165) is 48.3 Å². The van der Waals surface area contributed by atoms with E-state index in [9.17, 15) is 5.26 Å². The summed E-state index contributed by atoms with van der Waals surface area (Å²) in [5, 5.41) is 13.0. The molecule has 0 saturated carbocycles. The van der Waals surface area contributed by atoms with Gasteiger partial charge in [-0.3, -0.25) is 0 Å². The fourth-order valence-electron chi connectivity index (χ4n) is 4.70. The van der Waals surface area contributed by atoms with Crippen molar-refractivity contribution in [1.29, 1.82) is 5.26 Å². The Kier molecular flexibility index (Phi) is 5.62. The molecule has 2 aromatic heterocycles. The van der Waals surface area contributed by atoms with Crippen LogP contribution < -0.4 is 0 Å². The van der Waals surface area contributed by atoms with Crippen molar-refractivity contribution in [2.24, 2.45) is 0 Å². The summed E-state index contributed by atoms with van der Waals surface area (Å²) >= 11 is 1.61. The van der Waals surface area contributed by atoms with E-state index in [1.54, 1.807) is 11.3 Å². The van der Waals surface area contributed by atoms with E-state index in [1.165, 1.54) is 0 Å². The van der Waals surface area contributed by atoms with Crippen molar-refractivity contribution in [3.63, 3.8) is 0 Å². The maximum absolute atomic E-state index is 10.2. The second kappa shape index (κ2) is 9.56. The molecule has 0 fully saturated rings. The van der Waals surface area contributed by atoms with E-state index in [4.69, 9.17) is 19.9 Å². The Hall–Kier alpha value is -5.25. The largest absolute Gasteiger partial charge is 0.236 e. The van der Waals surface area contributed by atoms with Gasteiger partial charge in [0.25, 0.3) is 0 Å². The zero-order valence-electron chi connectivity index (χ0n) is 20.6. The van der Waals surface area contributed by atoms with Crippen molar-refractivity contribution in [3.05, 3.63) is 121 Å². The molecule has 6 heteroatoms. The third-order valence-electron chi connectivity index (χ3n) is 6.57. The zero-order valence-corrected chi connectivity index (χ0v) is 21.4. The minimum atomic E-state index is 0.524. The summed E-state index contributed by atoms with van der Waals surface area (Å²) in [5.41, 5.74) is 5.09. The number of rotatable bonds is 4. The summed E-state index contributed by atoms with van der Waals surface area (Å²) in [5.74, 6) is 1.70. The molecular weight excluding hydrogens is 498 g/mol. The van der Waals surface area contributed by atoms with Crippen LogP contribution in [-0.4, -0.2) is 19.9 Å². The lowest BCUT2D eigenvalue weighted by Crippen LogP contribution is -2.00. The highest BCUT2D eigenvalue weighted by atomic mass is 32.1. The fraction of sp³-hybridized carbons (Fsp3) is 0. The molecule has 0 atom stereocenters. The Morgan fingerprint density at radius 3 is 1.64 bits per heavy atom. The van der Waals surface area contributed by atoms with Crippen LogP contribution in [0.4, 0.5) is 0 Å². The Morgan fingerprint density at radius 1 is 0.538 bits per heavy atom. The summed E-state index contributed by atoms with van der Waals surface area (Å²) in [6.45, 7) is 0. The number of nitriles is 1. The van der Waals surface area contributed by atoms with Gasteiger partial charge in [0.15, 0.2) is 17.5 Å². The van der Waals surface area contributed by atoms with Gasteiger partial charge in [-0.2, -0.15) is 5.26 Å². The molecule has 0 bridgehead atoms. The summed E-state index contributed by atoms with van der Waals surface area (Å²) in [7, 11) is 0. The maximum atomic E-state index is 10.2. The van der Waals surface area contributed by atoms with Gasteiger partial charge in [0.05, 0.1) is 21.8 Å². The second-order valence-electron chi connectivity index (χ2n) is 9.07. The van der Waals surface area contributed by atoms with E-state index < -0.39 is 0 Å². The first-order valence-corrected chi connectivity index (χ1v) is 13.3. The Labute approximate surface area is 228 Å². The minimum Gasteiger partial charge on any atom is -0.236 e. The zero-order chi connectivity index (χ0) is 26.2. The van der Waals surface area contributed by atoms with Gasteiger partial charge in [0, 0.05) is 27.6 Å². The molecule has 182 valence electrons. The maximum Gasteiger partial charge on any atom is 0.164 e. The molecular formula is C33H19N5S. The van der Waals surface area contributed by atoms with Gasteiger partial charge in [-0.1, -0.05) is 97.1 Å². The molecule has 39 heavy (non-hydrogen) atoms. The number of thiazole rings is 1. The van der Waals surface area contributed by atoms with E-state index in [-0.39, 0.29) is 0 Å². The minimum absolute atomic E-state index is 0.524. The van der Waals surface area contributed by atoms with Crippen LogP contribution in [0, 0.1) is 11.3 Å². The molecule has 0 aliphatic carbocycles. The van der Waals surface area contributed by atoms with Gasteiger partial charge in [-0.15, -0.1) is 11.3 Å². The van der Waals surface area contributed by atoms with Crippen molar-refractivity contribution in [3.8, 4) is 50.8 Å². The third-order valence-corrected chi connectivity index (χ3v) is 7.71. The molecule has 0 unspecified atom stereocenters. The van der Waals surface area contributed by atoms with Crippen molar-refractivity contribution < 1.29 is 0 Å². The number of aromatic nitrogens is 4. The highest BCUT2D eigenvalue weighted by Crippen LogP contribution is 2.38. The molecule has 0 amide bonds. The summed E-state index contributed by atoms with van der Waals surface area (Å²) in [4.78, 5) is 19.3. The fourth-order valence-corrected chi connectivity index (χ4v) is 5.84. The molecule has 0 radical (unpaired) electrons. The molecule has 2 heterocycles. The van der Waals surface area contributed by atoms with Crippen LogP contribution in [0.2, 0.25) is 0 Å². The van der Waals surface area contributed by atoms with Gasteiger partial charge in [-0.05, 0) is 23.6 Å². The standard InChI is InChI=1S/C33H19N5S/c34-20-26-19-25(18-24-16-17-27-29(28(24)26)39-33(35-27)23-14-8-3-9-15-23)32-37-30(21-10-4-1-5-11-21)36-31(38-32)22-12-6-2-7-13-22/h1-19H. The van der Waals surface area contributed by atoms with Gasteiger partial charge >= 0.3 is 0 Å². The van der Waals surface area contributed by atoms with Crippen molar-refractivity contribution in [2.45, 2.75) is 0 Å². The molecule has 0 N–H and O–H groups in total. The average molecular weight is 518 g/mol. The summed E-state index contributed by atoms with van der Waals surface area (Å²) < 4.78 is 1.00. The van der Waals surface area contributed by atoms with E-state index in [0.29, 0.717) is 23.0 Å². The van der Waals surface area contributed by atoms with Crippen LogP contribution in [0.5, 0.6) is 0 Å². The molecule has 5 nitrogen and oxygen atoms in total. The summed E-state index contributed by atoms with van der Waals surface area (Å²) in [6.07, 6.45) is 0. The lowest BCUT2D eigenvalue weighted by atomic mass is 10.0. The third kappa shape index (κ3) is 4.21. The molecule has 7 rings (SSSR count). The normalized spacial score (nSPS) is 11.1. The highest BCUT2D eigenvalue weighted by molar-refractivity contribution is 7.22. The molecule has 0 spiro atoms. The topological polar surface area (TPSA) is 75.3 Å². The van der Waals surface area contributed by atoms with Gasteiger partial charge in [-0.25, -0.2) is 19.9 Å². The molecule has 5 aromatic carbocycles. The molecule has 0 aliphatic heterocycles. The predicted molar refractivity (Wildman–Crippen MR) is 157 cm³/mol. The Balaban J connectivity index is 1.43. The number of hydrogen-bond donors (Lipinski definition) is 0. The van der Waals surface area contributed by atoms with Gasteiger partial charge < -0.3 is 0 Å². The molecule has 7 aromatic rings. The quantitative estimate of drug-likeness (QED) is 0.235. The second-order valence-corrected chi connectivity index (χ2v) is 10.1. The van der Waals surface area contributed by atoms with E-state index in [1.807, 2.05) is 97.1 Å². The smallest absolute Gasteiger partial charge is 0.164 e. The van der Waals surface area contributed by atoms with Crippen molar-refractivity contribution in [1.82, 2.24) is 19.9 Å². The van der Waals surface area contributed by atoms with Crippen LogP contribution in [0.3, 0.4) is 0 Å². The van der Waals surface area contributed by atoms with Crippen molar-refractivity contribution in [2.75, 3.05) is 0 Å². The van der Waals surface area contributed by atoms with Crippen LogP contribution in [0.15, 0.2) is 115 Å². The highest BCUT2D eigenvalue weighted by Gasteiger charge is 2.17. The number of benzene rings is 5. The van der Waals surface area contributed by atoms with Crippen LogP contribution in [-0.2, 0) is 0 Å². The summed E-state index contributed by atoms with van der Waals surface area (Å²) in [6, 6.07) is 40.3. The lowest BCUT2D eigenvalue weighted by molar-refractivity contribution is 1.07. The Morgan fingerprint density at radius 2 is 1.08 bits per heavy atom. The van der Waals surface area contributed by atoms with E-state index >= 15 is 0 Å². The first kappa shape index (κ1) is 22.9. The van der Waals surface area contributed by atoms with Gasteiger partial charge in [0.1, 0.15) is 5.01 Å². The van der Waals surface area contributed by atoms with Crippen LogP contribution in [0.25, 0.3) is 65.7 Å². The number of nitrogens with zero attached hydrogens (tertiary/aromatic N) is 5. The monoisotopic (exact) mass is 517 g/mol. The SMILES string of the molecule is N#Cc1cc(-c2nc(-c3ccccc3)nc(-c3ccccc3)n2)cc2ccc3nc(-c4ccccc4)sc3c12.